The first kappa shape index (κ1) is 13.5. The van der Waals surface area contributed by atoms with E-state index in [1.54, 1.807) is 7.11 Å². The van der Waals surface area contributed by atoms with Crippen LogP contribution in [0.25, 0.3) is 0 Å². The number of carbonyl (C=O) groups excluding carboxylic acids is 1. The van der Waals surface area contributed by atoms with E-state index in [0.717, 1.165) is 19.4 Å². The number of hydrogen-bond donors (Lipinski definition) is 2. The Morgan fingerprint density at radius 3 is 3.00 bits per heavy atom. The van der Waals surface area contributed by atoms with Gasteiger partial charge in [0, 0.05) is 25.6 Å². The van der Waals surface area contributed by atoms with Crippen molar-refractivity contribution in [1.29, 1.82) is 0 Å². The van der Waals surface area contributed by atoms with Gasteiger partial charge < -0.3 is 15.4 Å². The van der Waals surface area contributed by atoms with Crippen LogP contribution in [0.15, 0.2) is 0 Å². The van der Waals surface area contributed by atoms with Crippen LogP contribution in [0.4, 0.5) is 0 Å². The van der Waals surface area contributed by atoms with Crippen LogP contribution in [0.5, 0.6) is 0 Å². The van der Waals surface area contributed by atoms with Crippen LogP contribution >= 0.6 is 0 Å². The van der Waals surface area contributed by atoms with E-state index in [4.69, 9.17) is 4.74 Å². The summed E-state index contributed by atoms with van der Waals surface area (Å²) in [5.41, 5.74) is 0. The molecule has 2 N–H and O–H groups in total. The molecule has 4 nitrogen and oxygen atoms in total. The first-order valence-corrected chi connectivity index (χ1v) is 6.13. The van der Waals surface area contributed by atoms with Gasteiger partial charge in [-0.25, -0.2) is 0 Å². The molecule has 3 unspecified atom stereocenters. The molecular formula is C12H24N2O2. The lowest BCUT2D eigenvalue weighted by molar-refractivity contribution is -0.126. The smallest absolute Gasteiger partial charge is 0.223 e. The lowest BCUT2D eigenvalue weighted by atomic mass is 9.92. The standard InChI is InChI=1S/C12H24N2O2/c1-9(8-16-3)7-14-12(15)11-4-5-13-10(2)6-11/h9-11,13H,4-8H2,1-3H3,(H,14,15). The fourth-order valence-electron chi connectivity index (χ4n) is 2.13. The van der Waals surface area contributed by atoms with Gasteiger partial charge in [-0.1, -0.05) is 6.92 Å². The zero-order valence-electron chi connectivity index (χ0n) is 10.6. The number of carbonyl (C=O) groups is 1. The van der Waals surface area contributed by atoms with Crippen molar-refractivity contribution < 1.29 is 9.53 Å². The van der Waals surface area contributed by atoms with Crippen LogP contribution in [0.1, 0.15) is 26.7 Å². The molecule has 16 heavy (non-hydrogen) atoms. The Labute approximate surface area is 98.1 Å². The summed E-state index contributed by atoms with van der Waals surface area (Å²) in [6.45, 7) is 6.57. The monoisotopic (exact) mass is 228 g/mol. The molecule has 0 aromatic carbocycles. The van der Waals surface area contributed by atoms with E-state index in [2.05, 4.69) is 24.5 Å². The maximum atomic E-state index is 11.9. The molecule has 0 aliphatic carbocycles. The largest absolute Gasteiger partial charge is 0.384 e. The lowest BCUT2D eigenvalue weighted by Crippen LogP contribution is -2.43. The number of nitrogens with one attached hydrogen (secondary N) is 2. The predicted octanol–water partition coefficient (Wildman–Crippen LogP) is 0.773. The minimum absolute atomic E-state index is 0.186. The Morgan fingerprint density at radius 2 is 2.38 bits per heavy atom. The maximum absolute atomic E-state index is 11.9. The Bertz CT molecular complexity index is 221. The first-order chi connectivity index (χ1) is 7.63. The van der Waals surface area contributed by atoms with Crippen LogP contribution < -0.4 is 10.6 Å². The minimum Gasteiger partial charge on any atom is -0.384 e. The summed E-state index contributed by atoms with van der Waals surface area (Å²) in [7, 11) is 1.69. The summed E-state index contributed by atoms with van der Waals surface area (Å²) < 4.78 is 5.04. The van der Waals surface area contributed by atoms with Crippen molar-refractivity contribution in [3.63, 3.8) is 0 Å². The lowest BCUT2D eigenvalue weighted by Gasteiger charge is -2.27. The summed E-state index contributed by atoms with van der Waals surface area (Å²) in [4.78, 5) is 11.9. The highest BCUT2D eigenvalue weighted by Crippen LogP contribution is 2.15. The molecule has 1 rings (SSSR count). The molecule has 0 saturated carbocycles. The number of rotatable bonds is 5. The highest BCUT2D eigenvalue weighted by Gasteiger charge is 2.24. The third-order valence-corrected chi connectivity index (χ3v) is 3.07. The Morgan fingerprint density at radius 1 is 1.62 bits per heavy atom. The fraction of sp³-hybridized carbons (Fsp3) is 0.917. The second-order valence-electron chi connectivity index (χ2n) is 4.88. The average molecular weight is 228 g/mol. The molecule has 0 spiro atoms. The molecule has 4 heteroatoms. The van der Waals surface area contributed by atoms with Crippen molar-refractivity contribution in [2.45, 2.75) is 32.7 Å². The molecule has 0 radical (unpaired) electrons. The molecule has 1 heterocycles. The predicted molar refractivity (Wildman–Crippen MR) is 64.2 cm³/mol. The van der Waals surface area contributed by atoms with Gasteiger partial charge in [-0.2, -0.15) is 0 Å². The van der Waals surface area contributed by atoms with Crippen molar-refractivity contribution >= 4 is 5.91 Å². The van der Waals surface area contributed by atoms with Gasteiger partial charge in [0.15, 0.2) is 0 Å². The number of ether oxygens (including phenoxy) is 1. The molecule has 1 amide bonds. The van der Waals surface area contributed by atoms with Crippen molar-refractivity contribution in [2.75, 3.05) is 26.8 Å². The number of piperidine rings is 1. The van der Waals surface area contributed by atoms with Gasteiger partial charge in [-0.05, 0) is 32.2 Å². The molecule has 0 bridgehead atoms. The normalized spacial score (nSPS) is 27.4. The molecule has 94 valence electrons. The van der Waals surface area contributed by atoms with Crippen molar-refractivity contribution in [2.24, 2.45) is 11.8 Å². The van der Waals surface area contributed by atoms with Crippen LogP contribution in [0, 0.1) is 11.8 Å². The summed E-state index contributed by atoms with van der Waals surface area (Å²) in [6.07, 6.45) is 1.90. The SMILES string of the molecule is COCC(C)CNC(=O)C1CCNC(C)C1. The van der Waals surface area contributed by atoms with E-state index in [1.165, 1.54) is 0 Å². The maximum Gasteiger partial charge on any atom is 0.223 e. The average Bonchev–Trinajstić information content (AvgIpc) is 2.26. The van der Waals surface area contributed by atoms with Crippen molar-refractivity contribution in [3.8, 4) is 0 Å². The second kappa shape index (κ2) is 6.86. The number of hydrogen-bond acceptors (Lipinski definition) is 3. The van der Waals surface area contributed by atoms with E-state index < -0.39 is 0 Å². The molecular weight excluding hydrogens is 204 g/mol. The summed E-state index contributed by atoms with van der Waals surface area (Å²) in [6, 6.07) is 0.459. The second-order valence-corrected chi connectivity index (χ2v) is 4.88. The van der Waals surface area contributed by atoms with Crippen molar-refractivity contribution in [1.82, 2.24) is 10.6 Å². The number of amides is 1. The Kier molecular flexibility index (Phi) is 5.77. The third-order valence-electron chi connectivity index (χ3n) is 3.07. The molecule has 0 aromatic heterocycles. The minimum atomic E-state index is 0.186. The zero-order valence-corrected chi connectivity index (χ0v) is 10.6. The van der Waals surface area contributed by atoms with Crippen molar-refractivity contribution in [3.05, 3.63) is 0 Å². The van der Waals surface area contributed by atoms with E-state index in [1.807, 2.05) is 0 Å². The van der Waals surface area contributed by atoms with E-state index in [9.17, 15) is 4.79 Å². The molecule has 1 fully saturated rings. The molecule has 1 aliphatic heterocycles. The van der Waals surface area contributed by atoms with Crippen LogP contribution in [-0.4, -0.2) is 38.8 Å². The van der Waals surface area contributed by atoms with E-state index >= 15 is 0 Å². The van der Waals surface area contributed by atoms with Gasteiger partial charge in [0.25, 0.3) is 0 Å². The molecule has 1 aliphatic rings. The topological polar surface area (TPSA) is 50.4 Å². The van der Waals surface area contributed by atoms with Gasteiger partial charge in [0.2, 0.25) is 5.91 Å². The fourth-order valence-corrected chi connectivity index (χ4v) is 2.13. The first-order valence-electron chi connectivity index (χ1n) is 6.13. The van der Waals surface area contributed by atoms with Gasteiger partial charge in [-0.3, -0.25) is 4.79 Å². The summed E-state index contributed by atoms with van der Waals surface area (Å²) >= 11 is 0. The zero-order chi connectivity index (χ0) is 12.0. The Hall–Kier alpha value is -0.610. The van der Waals surface area contributed by atoms with Crippen LogP contribution in [0.2, 0.25) is 0 Å². The molecule has 1 saturated heterocycles. The molecule has 3 atom stereocenters. The van der Waals surface area contributed by atoms with Crippen LogP contribution in [-0.2, 0) is 9.53 Å². The third kappa shape index (κ3) is 4.49. The Balaban J connectivity index is 2.23. The highest BCUT2D eigenvalue weighted by molar-refractivity contribution is 5.78. The summed E-state index contributed by atoms with van der Waals surface area (Å²) in [5, 5.41) is 6.36. The van der Waals surface area contributed by atoms with Gasteiger partial charge >= 0.3 is 0 Å². The van der Waals surface area contributed by atoms with E-state index in [-0.39, 0.29) is 11.8 Å². The summed E-state index contributed by atoms with van der Waals surface area (Å²) in [5.74, 6) is 0.774. The van der Waals surface area contributed by atoms with Gasteiger partial charge in [0.1, 0.15) is 0 Å². The number of methoxy groups -OCH3 is 1. The van der Waals surface area contributed by atoms with Gasteiger partial charge in [-0.15, -0.1) is 0 Å². The molecule has 0 aromatic rings. The van der Waals surface area contributed by atoms with Crippen LogP contribution in [0.3, 0.4) is 0 Å². The van der Waals surface area contributed by atoms with E-state index in [0.29, 0.717) is 25.1 Å². The quantitative estimate of drug-likeness (QED) is 0.731. The highest BCUT2D eigenvalue weighted by atomic mass is 16.5. The van der Waals surface area contributed by atoms with Gasteiger partial charge in [0.05, 0.1) is 6.61 Å².